The molecule has 0 unspecified atom stereocenters. The van der Waals surface area contributed by atoms with Gasteiger partial charge in [-0.15, -0.1) is 0 Å². The highest BCUT2D eigenvalue weighted by molar-refractivity contribution is 6.31. The lowest BCUT2D eigenvalue weighted by atomic mass is 10.3. The molecule has 0 aliphatic rings. The highest BCUT2D eigenvalue weighted by Gasteiger charge is 2.15. The van der Waals surface area contributed by atoms with E-state index in [-0.39, 0.29) is 0 Å². The molecule has 1 rings (SSSR count). The zero-order chi connectivity index (χ0) is 9.30. The molecule has 0 fully saturated rings. The third kappa shape index (κ3) is 1.61. The molecule has 0 aliphatic carbocycles. The lowest BCUT2D eigenvalue weighted by molar-refractivity contribution is 0.150. The molecule has 2 nitrogen and oxygen atoms in total. The molecule has 0 saturated carbocycles. The van der Waals surface area contributed by atoms with Gasteiger partial charge in [0.2, 0.25) is 0 Å². The highest BCUT2D eigenvalue weighted by Crippen LogP contribution is 2.23. The summed E-state index contributed by atoms with van der Waals surface area (Å²) in [6, 6.07) is 0.494. The highest BCUT2D eigenvalue weighted by atomic mass is 35.5. The Morgan fingerprint density at radius 2 is 2.08 bits per heavy atom. The second-order valence-corrected chi connectivity index (χ2v) is 2.39. The number of pyridine rings is 1. The van der Waals surface area contributed by atoms with Gasteiger partial charge in [-0.2, -0.15) is 4.39 Å². The quantitative estimate of drug-likeness (QED) is 0.687. The summed E-state index contributed by atoms with van der Waals surface area (Å²) in [4.78, 5) is 12.3. The Morgan fingerprint density at radius 3 is 2.58 bits per heavy atom. The first kappa shape index (κ1) is 9.12. The maximum absolute atomic E-state index is 12.3. The molecule has 6 heteroatoms. The van der Waals surface area contributed by atoms with Crippen LogP contribution in [0.5, 0.6) is 0 Å². The third-order valence-corrected chi connectivity index (χ3v) is 1.59. The van der Waals surface area contributed by atoms with E-state index in [0.717, 1.165) is 0 Å². The van der Waals surface area contributed by atoms with E-state index < -0.39 is 28.5 Å². The first-order chi connectivity index (χ1) is 5.52. The fourth-order valence-electron chi connectivity index (χ4n) is 0.689. The molecule has 0 bridgehead atoms. The molecule has 1 aromatic rings. The Hall–Kier alpha value is -0.970. The summed E-state index contributed by atoms with van der Waals surface area (Å²) in [7, 11) is 0. The predicted molar refractivity (Wildman–Crippen MR) is 37.0 cm³/mol. The van der Waals surface area contributed by atoms with Crippen LogP contribution in [0.1, 0.15) is 12.0 Å². The number of alkyl halides is 2. The number of rotatable bonds is 1. The average Bonchev–Trinajstić information content (AvgIpc) is 1.96. The standard InChI is InChI=1S/C6H3ClF3NO/c7-4-2(5(9)10)1-3(8)11-6(4)12/h1,5H,(H,11,12). The van der Waals surface area contributed by atoms with Crippen LogP contribution in [0.25, 0.3) is 0 Å². The minimum absolute atomic E-state index is 0.494. The van der Waals surface area contributed by atoms with E-state index in [0.29, 0.717) is 6.07 Å². The summed E-state index contributed by atoms with van der Waals surface area (Å²) in [6.45, 7) is 0. The molecular weight excluding hydrogens is 195 g/mol. The van der Waals surface area contributed by atoms with Crippen molar-refractivity contribution < 1.29 is 13.2 Å². The summed E-state index contributed by atoms with van der Waals surface area (Å²) in [5, 5.41) is -0.675. The lowest BCUT2D eigenvalue weighted by Crippen LogP contribution is -2.11. The molecule has 0 aromatic carbocycles. The van der Waals surface area contributed by atoms with Gasteiger partial charge in [-0.25, -0.2) is 8.78 Å². The molecule has 0 aliphatic heterocycles. The van der Waals surface area contributed by atoms with Gasteiger partial charge in [-0.3, -0.25) is 9.78 Å². The van der Waals surface area contributed by atoms with Crippen LogP contribution < -0.4 is 5.56 Å². The minimum Gasteiger partial charge on any atom is -0.298 e. The molecule has 1 aromatic heterocycles. The summed E-state index contributed by atoms with van der Waals surface area (Å²) >= 11 is 5.17. The fraction of sp³-hybridized carbons (Fsp3) is 0.167. The third-order valence-electron chi connectivity index (χ3n) is 1.20. The molecule has 0 saturated heterocycles. The normalized spacial score (nSPS) is 10.8. The largest absolute Gasteiger partial charge is 0.298 e. The van der Waals surface area contributed by atoms with Gasteiger partial charge < -0.3 is 0 Å². The predicted octanol–water partition coefficient (Wildman–Crippen LogP) is 2.10. The van der Waals surface area contributed by atoms with Crippen LogP contribution in [-0.4, -0.2) is 4.98 Å². The van der Waals surface area contributed by atoms with Crippen molar-refractivity contribution in [1.82, 2.24) is 4.98 Å². The van der Waals surface area contributed by atoms with E-state index in [9.17, 15) is 18.0 Å². The number of nitrogens with one attached hydrogen (secondary N) is 1. The van der Waals surface area contributed by atoms with Crippen molar-refractivity contribution in [1.29, 1.82) is 0 Å². The molecule has 1 heterocycles. The van der Waals surface area contributed by atoms with Crippen LogP contribution >= 0.6 is 11.6 Å². The second-order valence-electron chi connectivity index (χ2n) is 2.02. The number of H-pyrrole nitrogens is 1. The number of hydrogen-bond donors (Lipinski definition) is 1. The van der Waals surface area contributed by atoms with Crippen LogP contribution in [-0.2, 0) is 0 Å². The van der Waals surface area contributed by atoms with Crippen molar-refractivity contribution in [3.05, 3.63) is 33.0 Å². The van der Waals surface area contributed by atoms with Gasteiger partial charge in [0.1, 0.15) is 5.02 Å². The van der Waals surface area contributed by atoms with Crippen LogP contribution in [0.4, 0.5) is 13.2 Å². The minimum atomic E-state index is -2.95. The Morgan fingerprint density at radius 1 is 1.50 bits per heavy atom. The molecule has 66 valence electrons. The first-order valence-corrected chi connectivity index (χ1v) is 3.26. The zero-order valence-corrected chi connectivity index (χ0v) is 6.33. The first-order valence-electron chi connectivity index (χ1n) is 2.88. The van der Waals surface area contributed by atoms with Gasteiger partial charge in [-0.05, 0) is 0 Å². The van der Waals surface area contributed by atoms with Crippen LogP contribution in [0.3, 0.4) is 0 Å². The van der Waals surface area contributed by atoms with Crippen molar-refractivity contribution >= 4 is 11.6 Å². The summed E-state index contributed by atoms with van der Waals surface area (Å²) < 4.78 is 36.3. The van der Waals surface area contributed by atoms with Gasteiger partial charge in [0.15, 0.2) is 5.95 Å². The van der Waals surface area contributed by atoms with E-state index in [4.69, 9.17) is 11.6 Å². The Balaban J connectivity index is 3.38. The SMILES string of the molecule is O=c1[nH]c(F)cc(C(F)F)c1Cl. The van der Waals surface area contributed by atoms with Crippen molar-refractivity contribution in [2.45, 2.75) is 6.43 Å². The molecule has 1 N–H and O–H groups in total. The lowest BCUT2D eigenvalue weighted by Gasteiger charge is -2.00. The number of hydrogen-bond acceptors (Lipinski definition) is 1. The Bertz CT molecular complexity index is 349. The monoisotopic (exact) mass is 197 g/mol. The topological polar surface area (TPSA) is 32.9 Å². The summed E-state index contributed by atoms with van der Waals surface area (Å²) in [5.41, 5.74) is -1.84. The van der Waals surface area contributed by atoms with Gasteiger partial charge >= 0.3 is 0 Å². The number of halogens is 4. The van der Waals surface area contributed by atoms with Gasteiger partial charge in [-0.1, -0.05) is 11.6 Å². The maximum Gasteiger partial charge on any atom is 0.269 e. The summed E-state index contributed by atoms with van der Waals surface area (Å²) in [6.07, 6.45) is -2.95. The van der Waals surface area contributed by atoms with E-state index in [1.54, 1.807) is 4.98 Å². The van der Waals surface area contributed by atoms with Crippen LogP contribution in [0.2, 0.25) is 5.02 Å². The maximum atomic E-state index is 12.3. The number of aromatic amines is 1. The molecule has 0 amide bonds. The van der Waals surface area contributed by atoms with E-state index in [1.165, 1.54) is 0 Å². The van der Waals surface area contributed by atoms with Crippen molar-refractivity contribution in [2.75, 3.05) is 0 Å². The smallest absolute Gasteiger partial charge is 0.269 e. The van der Waals surface area contributed by atoms with E-state index in [1.807, 2.05) is 0 Å². The van der Waals surface area contributed by atoms with Gasteiger partial charge in [0, 0.05) is 11.6 Å². The van der Waals surface area contributed by atoms with Gasteiger partial charge in [0.25, 0.3) is 12.0 Å². The molecule has 0 spiro atoms. The van der Waals surface area contributed by atoms with Crippen LogP contribution in [0.15, 0.2) is 10.9 Å². The Labute approximate surface area is 70.0 Å². The average molecular weight is 198 g/mol. The van der Waals surface area contributed by atoms with Crippen molar-refractivity contribution in [2.24, 2.45) is 0 Å². The molecule has 12 heavy (non-hydrogen) atoms. The van der Waals surface area contributed by atoms with Crippen molar-refractivity contribution in [3.63, 3.8) is 0 Å². The van der Waals surface area contributed by atoms with E-state index in [2.05, 4.69) is 0 Å². The second kappa shape index (κ2) is 3.18. The molecule has 0 atom stereocenters. The van der Waals surface area contributed by atoms with E-state index >= 15 is 0 Å². The fourth-order valence-corrected chi connectivity index (χ4v) is 0.873. The molecular formula is C6H3ClF3NO. The number of aromatic nitrogens is 1. The molecule has 0 radical (unpaired) electrons. The van der Waals surface area contributed by atoms with Crippen molar-refractivity contribution in [3.8, 4) is 0 Å². The Kier molecular flexibility index (Phi) is 2.42. The zero-order valence-electron chi connectivity index (χ0n) is 5.57. The van der Waals surface area contributed by atoms with Crippen LogP contribution in [0, 0.1) is 5.95 Å². The van der Waals surface area contributed by atoms with Gasteiger partial charge in [0.05, 0.1) is 0 Å². The summed E-state index contributed by atoms with van der Waals surface area (Å²) in [5.74, 6) is -1.13.